The zero-order valence-electron chi connectivity index (χ0n) is 11.2. The van der Waals surface area contributed by atoms with Crippen LogP contribution in [0.2, 0.25) is 0 Å². The van der Waals surface area contributed by atoms with E-state index in [1.54, 1.807) is 0 Å². The SMILES string of the molecule is CC(C)(C)C(CS)COc1c(F)c(F)c(F)c(F)c1F. The van der Waals surface area contributed by atoms with Crippen LogP contribution in [0.25, 0.3) is 0 Å². The van der Waals surface area contributed by atoms with Crippen molar-refractivity contribution in [3.63, 3.8) is 0 Å². The van der Waals surface area contributed by atoms with Gasteiger partial charge in [-0.1, -0.05) is 20.8 Å². The lowest BCUT2D eigenvalue weighted by atomic mass is 9.82. The molecule has 0 aliphatic heterocycles. The summed E-state index contributed by atoms with van der Waals surface area (Å²) < 4.78 is 70.4. The van der Waals surface area contributed by atoms with E-state index in [0.717, 1.165) is 0 Å². The van der Waals surface area contributed by atoms with E-state index in [4.69, 9.17) is 4.74 Å². The zero-order valence-corrected chi connectivity index (χ0v) is 12.1. The molecular weight excluding hydrogens is 299 g/mol. The lowest BCUT2D eigenvalue weighted by Crippen LogP contribution is -2.28. The van der Waals surface area contributed by atoms with Crippen LogP contribution < -0.4 is 4.74 Å². The third-order valence-electron chi connectivity index (χ3n) is 3.04. The van der Waals surface area contributed by atoms with Gasteiger partial charge >= 0.3 is 0 Å². The Bertz CT molecular complexity index is 470. The Labute approximate surface area is 119 Å². The third-order valence-corrected chi connectivity index (χ3v) is 3.48. The van der Waals surface area contributed by atoms with Crippen molar-refractivity contribution in [1.82, 2.24) is 0 Å². The highest BCUT2D eigenvalue weighted by Gasteiger charge is 2.29. The van der Waals surface area contributed by atoms with Gasteiger partial charge < -0.3 is 4.74 Å². The summed E-state index contributed by atoms with van der Waals surface area (Å²) in [6, 6.07) is 0. The van der Waals surface area contributed by atoms with Crippen molar-refractivity contribution >= 4 is 12.6 Å². The molecule has 0 fully saturated rings. The molecule has 0 N–H and O–H groups in total. The number of hydrogen-bond donors (Lipinski definition) is 1. The number of thiol groups is 1. The number of ether oxygens (including phenoxy) is 1. The number of halogens is 5. The summed E-state index contributed by atoms with van der Waals surface area (Å²) in [7, 11) is 0. The summed E-state index contributed by atoms with van der Waals surface area (Å²) in [6.45, 7) is 5.37. The van der Waals surface area contributed by atoms with Crippen LogP contribution in [0.4, 0.5) is 22.0 Å². The maximum atomic E-state index is 13.4. The van der Waals surface area contributed by atoms with Crippen LogP contribution >= 0.6 is 12.6 Å². The van der Waals surface area contributed by atoms with Gasteiger partial charge in [-0.3, -0.25) is 0 Å². The van der Waals surface area contributed by atoms with Gasteiger partial charge in [-0.2, -0.15) is 21.4 Å². The Hall–Kier alpha value is -0.980. The van der Waals surface area contributed by atoms with Crippen LogP contribution in [0.3, 0.4) is 0 Å². The summed E-state index contributed by atoms with van der Waals surface area (Å²) >= 11 is 4.09. The number of benzene rings is 1. The van der Waals surface area contributed by atoms with Crippen molar-refractivity contribution in [1.29, 1.82) is 0 Å². The van der Waals surface area contributed by atoms with E-state index in [2.05, 4.69) is 12.6 Å². The molecule has 0 heterocycles. The summed E-state index contributed by atoms with van der Waals surface area (Å²) in [5, 5.41) is 0. The lowest BCUT2D eigenvalue weighted by molar-refractivity contribution is 0.153. The van der Waals surface area contributed by atoms with Gasteiger partial charge in [0.05, 0.1) is 6.61 Å². The molecular formula is C13H15F5OS. The zero-order chi connectivity index (χ0) is 15.7. The maximum absolute atomic E-state index is 13.4. The Morgan fingerprint density at radius 2 is 1.30 bits per heavy atom. The van der Waals surface area contributed by atoms with Crippen molar-refractivity contribution in [3.8, 4) is 5.75 Å². The van der Waals surface area contributed by atoms with E-state index < -0.39 is 34.8 Å². The fourth-order valence-electron chi connectivity index (χ4n) is 1.47. The van der Waals surface area contributed by atoms with Crippen molar-refractivity contribution in [2.24, 2.45) is 11.3 Å². The highest BCUT2D eigenvalue weighted by Crippen LogP contribution is 2.32. The highest BCUT2D eigenvalue weighted by atomic mass is 32.1. The highest BCUT2D eigenvalue weighted by molar-refractivity contribution is 7.80. The molecule has 7 heteroatoms. The minimum absolute atomic E-state index is 0.203. The lowest BCUT2D eigenvalue weighted by Gasteiger charge is -2.29. The molecule has 1 aromatic rings. The standard InChI is InChI=1S/C13H15F5OS/c1-13(2,3)6(5-20)4-19-12-10(17)8(15)7(14)9(16)11(12)18/h6,20H,4-5H2,1-3H3. The van der Waals surface area contributed by atoms with Crippen LogP contribution in [-0.4, -0.2) is 12.4 Å². The molecule has 0 spiro atoms. The van der Waals surface area contributed by atoms with Crippen LogP contribution in [0, 0.1) is 40.4 Å². The Balaban J connectivity index is 3.05. The Morgan fingerprint density at radius 1 is 0.900 bits per heavy atom. The molecule has 0 saturated carbocycles. The van der Waals surface area contributed by atoms with Gasteiger partial charge in [-0.05, 0) is 11.2 Å². The van der Waals surface area contributed by atoms with Gasteiger partial charge in [0.1, 0.15) is 0 Å². The molecule has 0 amide bonds. The first kappa shape index (κ1) is 17.1. The van der Waals surface area contributed by atoms with Crippen molar-refractivity contribution in [2.45, 2.75) is 20.8 Å². The molecule has 1 aromatic carbocycles. The number of hydrogen-bond acceptors (Lipinski definition) is 2. The van der Waals surface area contributed by atoms with Crippen LogP contribution in [0.5, 0.6) is 5.75 Å². The van der Waals surface area contributed by atoms with Gasteiger partial charge in [0.25, 0.3) is 0 Å². The fourth-order valence-corrected chi connectivity index (χ4v) is 2.13. The Morgan fingerprint density at radius 3 is 1.65 bits per heavy atom. The first-order valence-corrected chi connectivity index (χ1v) is 6.49. The van der Waals surface area contributed by atoms with Crippen LogP contribution in [-0.2, 0) is 0 Å². The van der Waals surface area contributed by atoms with Crippen molar-refractivity contribution < 1.29 is 26.7 Å². The van der Waals surface area contributed by atoms with Crippen molar-refractivity contribution in [2.75, 3.05) is 12.4 Å². The first-order valence-electron chi connectivity index (χ1n) is 5.86. The fraction of sp³-hybridized carbons (Fsp3) is 0.538. The second-order valence-corrected chi connectivity index (χ2v) is 5.82. The van der Waals surface area contributed by atoms with Gasteiger partial charge in [-0.15, -0.1) is 0 Å². The van der Waals surface area contributed by atoms with E-state index in [0.29, 0.717) is 5.75 Å². The molecule has 114 valence electrons. The minimum Gasteiger partial charge on any atom is -0.487 e. The summed E-state index contributed by atoms with van der Waals surface area (Å²) in [4.78, 5) is 0. The average Bonchev–Trinajstić information content (AvgIpc) is 2.36. The van der Waals surface area contributed by atoms with E-state index >= 15 is 0 Å². The van der Waals surface area contributed by atoms with E-state index in [9.17, 15) is 22.0 Å². The van der Waals surface area contributed by atoms with Crippen LogP contribution in [0.15, 0.2) is 0 Å². The predicted octanol–water partition coefficient (Wildman–Crippen LogP) is 4.35. The maximum Gasteiger partial charge on any atom is 0.206 e. The largest absolute Gasteiger partial charge is 0.487 e. The summed E-state index contributed by atoms with van der Waals surface area (Å²) in [5.41, 5.74) is -0.286. The molecule has 0 aliphatic rings. The monoisotopic (exact) mass is 314 g/mol. The summed E-state index contributed by atoms with van der Waals surface area (Å²) in [6.07, 6.45) is 0. The normalized spacial score (nSPS) is 13.4. The van der Waals surface area contributed by atoms with Crippen molar-refractivity contribution in [3.05, 3.63) is 29.1 Å². The molecule has 1 rings (SSSR count). The second-order valence-electron chi connectivity index (χ2n) is 5.46. The topological polar surface area (TPSA) is 9.23 Å². The molecule has 1 nitrogen and oxygen atoms in total. The van der Waals surface area contributed by atoms with E-state index in [1.807, 2.05) is 20.8 Å². The van der Waals surface area contributed by atoms with E-state index in [-0.39, 0.29) is 17.9 Å². The average molecular weight is 314 g/mol. The van der Waals surface area contributed by atoms with Gasteiger partial charge in [0.15, 0.2) is 5.75 Å². The minimum atomic E-state index is -2.20. The third kappa shape index (κ3) is 3.37. The molecule has 0 bridgehead atoms. The molecule has 0 aromatic heterocycles. The van der Waals surface area contributed by atoms with Crippen LogP contribution in [0.1, 0.15) is 20.8 Å². The molecule has 1 unspecified atom stereocenters. The molecule has 0 aliphatic carbocycles. The first-order chi connectivity index (χ1) is 9.11. The molecule has 0 radical (unpaired) electrons. The quantitative estimate of drug-likeness (QED) is 0.376. The molecule has 1 atom stereocenters. The van der Waals surface area contributed by atoms with Gasteiger partial charge in [0, 0.05) is 5.92 Å². The van der Waals surface area contributed by atoms with E-state index in [1.165, 1.54) is 0 Å². The second kappa shape index (κ2) is 6.20. The number of rotatable bonds is 4. The predicted molar refractivity (Wildman–Crippen MR) is 68.5 cm³/mol. The summed E-state index contributed by atoms with van der Waals surface area (Å²) in [5.74, 6) is -11.3. The van der Waals surface area contributed by atoms with Gasteiger partial charge in [0.2, 0.25) is 29.1 Å². The molecule has 0 saturated heterocycles. The smallest absolute Gasteiger partial charge is 0.206 e. The Kier molecular flexibility index (Phi) is 5.29. The molecule has 20 heavy (non-hydrogen) atoms. The van der Waals surface area contributed by atoms with Gasteiger partial charge in [-0.25, -0.2) is 13.2 Å².